The van der Waals surface area contributed by atoms with E-state index >= 15 is 0 Å². The SMILES string of the molecule is CCc1ccc([C@@H](NCC(=O)Nc2ccccc2C(=O)OC)c2cccs2)cc1. The normalized spacial score (nSPS) is 11.7. The highest BCUT2D eigenvalue weighted by atomic mass is 32.1. The molecule has 1 heterocycles. The molecular formula is C23H24N2O3S. The van der Waals surface area contributed by atoms with Crippen LogP contribution in [-0.2, 0) is 16.0 Å². The van der Waals surface area contributed by atoms with Gasteiger partial charge in [-0.3, -0.25) is 10.1 Å². The van der Waals surface area contributed by atoms with Crippen LogP contribution >= 0.6 is 11.3 Å². The Labute approximate surface area is 174 Å². The molecule has 0 bridgehead atoms. The predicted molar refractivity (Wildman–Crippen MR) is 116 cm³/mol. The van der Waals surface area contributed by atoms with E-state index in [1.54, 1.807) is 35.6 Å². The zero-order chi connectivity index (χ0) is 20.6. The minimum Gasteiger partial charge on any atom is -0.465 e. The summed E-state index contributed by atoms with van der Waals surface area (Å²) in [5.74, 6) is -0.713. The fourth-order valence-electron chi connectivity index (χ4n) is 3.05. The van der Waals surface area contributed by atoms with Gasteiger partial charge in [-0.1, -0.05) is 49.4 Å². The molecular weight excluding hydrogens is 384 g/mol. The van der Waals surface area contributed by atoms with Gasteiger partial charge in [0.15, 0.2) is 0 Å². The minimum absolute atomic E-state index is 0.0810. The van der Waals surface area contributed by atoms with Gasteiger partial charge in [-0.25, -0.2) is 4.79 Å². The van der Waals surface area contributed by atoms with Gasteiger partial charge in [0.05, 0.1) is 30.9 Å². The molecule has 1 aromatic heterocycles. The summed E-state index contributed by atoms with van der Waals surface area (Å²) >= 11 is 1.65. The molecule has 0 unspecified atom stereocenters. The van der Waals surface area contributed by atoms with Gasteiger partial charge in [-0.2, -0.15) is 0 Å². The van der Waals surface area contributed by atoms with Crippen molar-refractivity contribution in [3.63, 3.8) is 0 Å². The maximum atomic E-state index is 12.6. The van der Waals surface area contributed by atoms with Gasteiger partial charge in [0.1, 0.15) is 0 Å². The number of para-hydroxylation sites is 1. The fourth-order valence-corrected chi connectivity index (χ4v) is 3.88. The van der Waals surface area contributed by atoms with Gasteiger partial charge in [-0.05, 0) is 41.1 Å². The maximum absolute atomic E-state index is 12.6. The van der Waals surface area contributed by atoms with E-state index < -0.39 is 5.97 Å². The van der Waals surface area contributed by atoms with E-state index in [0.29, 0.717) is 11.3 Å². The summed E-state index contributed by atoms with van der Waals surface area (Å²) in [6.45, 7) is 2.23. The molecule has 29 heavy (non-hydrogen) atoms. The van der Waals surface area contributed by atoms with E-state index in [2.05, 4.69) is 47.9 Å². The fraction of sp³-hybridized carbons (Fsp3) is 0.217. The van der Waals surface area contributed by atoms with Crippen molar-refractivity contribution in [2.24, 2.45) is 0 Å². The van der Waals surface area contributed by atoms with Crippen LogP contribution in [0.5, 0.6) is 0 Å². The summed E-state index contributed by atoms with van der Waals surface area (Å²) in [6.07, 6.45) is 0.986. The number of methoxy groups -OCH3 is 1. The number of hydrogen-bond acceptors (Lipinski definition) is 5. The second-order valence-electron chi connectivity index (χ2n) is 6.51. The van der Waals surface area contributed by atoms with Gasteiger partial charge >= 0.3 is 5.97 Å². The number of nitrogens with one attached hydrogen (secondary N) is 2. The van der Waals surface area contributed by atoms with Gasteiger partial charge in [0.25, 0.3) is 0 Å². The zero-order valence-corrected chi connectivity index (χ0v) is 17.3. The van der Waals surface area contributed by atoms with E-state index in [-0.39, 0.29) is 18.5 Å². The van der Waals surface area contributed by atoms with Crippen molar-refractivity contribution in [2.45, 2.75) is 19.4 Å². The number of carbonyl (C=O) groups is 2. The summed E-state index contributed by atoms with van der Waals surface area (Å²) in [5.41, 5.74) is 3.14. The molecule has 0 radical (unpaired) electrons. The summed E-state index contributed by atoms with van der Waals surface area (Å²) < 4.78 is 4.78. The summed E-state index contributed by atoms with van der Waals surface area (Å²) in [7, 11) is 1.32. The number of hydrogen-bond donors (Lipinski definition) is 2. The van der Waals surface area contributed by atoms with Crippen molar-refractivity contribution in [2.75, 3.05) is 19.0 Å². The smallest absolute Gasteiger partial charge is 0.339 e. The van der Waals surface area contributed by atoms with Crippen LogP contribution in [0.25, 0.3) is 0 Å². The number of amides is 1. The monoisotopic (exact) mass is 408 g/mol. The Morgan fingerprint density at radius 3 is 2.45 bits per heavy atom. The predicted octanol–water partition coefficient (Wildman–Crippen LogP) is 4.41. The average Bonchev–Trinajstić information content (AvgIpc) is 3.29. The maximum Gasteiger partial charge on any atom is 0.339 e. The van der Waals surface area contributed by atoms with Gasteiger partial charge in [0, 0.05) is 4.88 Å². The van der Waals surface area contributed by atoms with E-state index in [1.165, 1.54) is 12.7 Å². The third-order valence-corrected chi connectivity index (χ3v) is 5.56. The average molecular weight is 409 g/mol. The highest BCUT2D eigenvalue weighted by Gasteiger charge is 2.18. The summed E-state index contributed by atoms with van der Waals surface area (Å²) in [4.78, 5) is 25.6. The molecule has 2 aromatic carbocycles. The summed E-state index contributed by atoms with van der Waals surface area (Å²) in [6, 6.07) is 19.2. The molecule has 5 nitrogen and oxygen atoms in total. The van der Waals surface area contributed by atoms with Crippen LogP contribution < -0.4 is 10.6 Å². The molecule has 0 saturated heterocycles. The van der Waals surface area contributed by atoms with Gasteiger partial charge in [0.2, 0.25) is 5.91 Å². The first-order valence-corrected chi connectivity index (χ1v) is 10.3. The number of ether oxygens (including phenoxy) is 1. The first kappa shape index (κ1) is 20.8. The van der Waals surface area contributed by atoms with Crippen LogP contribution in [0.4, 0.5) is 5.69 Å². The topological polar surface area (TPSA) is 67.4 Å². The molecule has 6 heteroatoms. The highest BCUT2D eigenvalue weighted by Crippen LogP contribution is 2.26. The number of carbonyl (C=O) groups excluding carboxylic acids is 2. The zero-order valence-electron chi connectivity index (χ0n) is 16.5. The largest absolute Gasteiger partial charge is 0.465 e. The van der Waals surface area contributed by atoms with Crippen LogP contribution in [0.1, 0.15) is 39.3 Å². The van der Waals surface area contributed by atoms with Crippen molar-refractivity contribution in [1.82, 2.24) is 5.32 Å². The van der Waals surface area contributed by atoms with Crippen LogP contribution in [0, 0.1) is 0 Å². The molecule has 0 fully saturated rings. The van der Waals surface area contributed by atoms with E-state index in [9.17, 15) is 9.59 Å². The molecule has 0 saturated carbocycles. The molecule has 1 amide bonds. The second kappa shape index (κ2) is 10.0. The second-order valence-corrected chi connectivity index (χ2v) is 7.49. The Morgan fingerprint density at radius 2 is 1.79 bits per heavy atom. The Morgan fingerprint density at radius 1 is 1.03 bits per heavy atom. The Hall–Kier alpha value is -2.96. The van der Waals surface area contributed by atoms with E-state index in [1.807, 2.05) is 11.4 Å². The van der Waals surface area contributed by atoms with Gasteiger partial charge < -0.3 is 10.1 Å². The number of esters is 1. The third kappa shape index (κ3) is 5.31. The minimum atomic E-state index is -0.485. The number of aryl methyl sites for hydroxylation is 1. The number of rotatable bonds is 8. The lowest BCUT2D eigenvalue weighted by Gasteiger charge is -2.18. The lowest BCUT2D eigenvalue weighted by molar-refractivity contribution is -0.115. The molecule has 0 aliphatic heterocycles. The first-order chi connectivity index (χ1) is 14.1. The Kier molecular flexibility index (Phi) is 7.16. The van der Waals surface area contributed by atoms with Gasteiger partial charge in [-0.15, -0.1) is 11.3 Å². The first-order valence-electron chi connectivity index (χ1n) is 9.45. The van der Waals surface area contributed by atoms with E-state index in [4.69, 9.17) is 4.74 Å². The van der Waals surface area contributed by atoms with Crippen LogP contribution in [0.2, 0.25) is 0 Å². The van der Waals surface area contributed by atoms with Crippen LogP contribution in [0.3, 0.4) is 0 Å². The standard InChI is InChI=1S/C23H24N2O3S/c1-3-16-10-12-17(13-11-16)22(20-9-6-14-29-20)24-15-21(26)25-19-8-5-4-7-18(19)23(27)28-2/h4-14,22,24H,3,15H2,1-2H3,(H,25,26)/t22-/m1/s1. The Balaban J connectivity index is 1.71. The van der Waals surface area contributed by atoms with Crippen molar-refractivity contribution in [3.8, 4) is 0 Å². The van der Waals surface area contributed by atoms with Crippen molar-refractivity contribution in [1.29, 1.82) is 0 Å². The van der Waals surface area contributed by atoms with E-state index in [0.717, 1.165) is 16.9 Å². The van der Waals surface area contributed by atoms with Crippen LogP contribution in [0.15, 0.2) is 66.0 Å². The number of thiophene rings is 1. The lowest BCUT2D eigenvalue weighted by Crippen LogP contribution is -2.32. The number of anilines is 1. The van der Waals surface area contributed by atoms with Crippen molar-refractivity contribution in [3.05, 3.63) is 87.6 Å². The molecule has 0 aliphatic rings. The number of benzene rings is 2. The quantitative estimate of drug-likeness (QED) is 0.542. The molecule has 3 aromatic rings. The molecule has 0 aliphatic carbocycles. The summed E-state index contributed by atoms with van der Waals surface area (Å²) in [5, 5.41) is 8.16. The third-order valence-electron chi connectivity index (χ3n) is 4.62. The molecule has 150 valence electrons. The molecule has 1 atom stereocenters. The molecule has 0 spiro atoms. The Bertz CT molecular complexity index is 953. The highest BCUT2D eigenvalue weighted by molar-refractivity contribution is 7.10. The molecule has 3 rings (SSSR count). The van der Waals surface area contributed by atoms with Crippen LogP contribution in [-0.4, -0.2) is 25.5 Å². The molecule has 2 N–H and O–H groups in total. The lowest BCUT2D eigenvalue weighted by atomic mass is 10.0. The van der Waals surface area contributed by atoms with Crippen molar-refractivity contribution < 1.29 is 14.3 Å². The van der Waals surface area contributed by atoms with Crippen molar-refractivity contribution >= 4 is 28.9 Å².